The number of hydrogen-bond acceptors (Lipinski definition) is 3. The largest absolute Gasteiger partial charge is 0.280 e. The van der Waals surface area contributed by atoms with E-state index in [1.54, 1.807) is 24.3 Å². The molecule has 0 atom stereocenters. The molecule has 19 heavy (non-hydrogen) atoms. The van der Waals surface area contributed by atoms with E-state index in [4.69, 9.17) is 5.26 Å². The van der Waals surface area contributed by atoms with Crippen LogP contribution in [0.4, 0.5) is 5.69 Å². The van der Waals surface area contributed by atoms with Crippen LogP contribution in [0.15, 0.2) is 57.9 Å². The maximum absolute atomic E-state index is 12.1. The zero-order valence-electron chi connectivity index (χ0n) is 9.67. The summed E-state index contributed by atoms with van der Waals surface area (Å²) in [6, 6.07) is 14.5. The second kappa shape index (κ2) is 5.43. The highest BCUT2D eigenvalue weighted by Gasteiger charge is 2.13. The van der Waals surface area contributed by atoms with Gasteiger partial charge in [0.05, 0.1) is 16.5 Å². The van der Waals surface area contributed by atoms with Crippen LogP contribution in [-0.4, -0.2) is 8.42 Å². The second-order valence-electron chi connectivity index (χ2n) is 3.75. The van der Waals surface area contributed by atoms with E-state index in [-0.39, 0.29) is 4.90 Å². The average Bonchev–Trinajstić information content (AvgIpc) is 2.41. The Morgan fingerprint density at radius 3 is 2.11 bits per heavy atom. The molecular weight excluding hydrogens is 328 g/mol. The Hall–Kier alpha value is -1.84. The number of hydrogen-bond donors (Lipinski definition) is 1. The quantitative estimate of drug-likeness (QED) is 0.935. The summed E-state index contributed by atoms with van der Waals surface area (Å²) < 4.78 is 27.5. The van der Waals surface area contributed by atoms with Gasteiger partial charge in [0.2, 0.25) is 0 Å². The third kappa shape index (κ3) is 3.34. The van der Waals surface area contributed by atoms with E-state index in [9.17, 15) is 8.42 Å². The fourth-order valence-electron chi connectivity index (χ4n) is 1.44. The lowest BCUT2D eigenvalue weighted by Crippen LogP contribution is -2.12. The fraction of sp³-hybridized carbons (Fsp3) is 0. The minimum atomic E-state index is -3.63. The summed E-state index contributed by atoms with van der Waals surface area (Å²) in [5.41, 5.74) is 0.898. The van der Waals surface area contributed by atoms with Crippen LogP contribution >= 0.6 is 15.9 Å². The number of anilines is 1. The zero-order chi connectivity index (χ0) is 13.9. The molecule has 0 saturated heterocycles. The Morgan fingerprint density at radius 2 is 1.58 bits per heavy atom. The Balaban J connectivity index is 2.27. The molecule has 0 aliphatic heterocycles. The smallest absolute Gasteiger partial charge is 0.261 e. The second-order valence-corrected chi connectivity index (χ2v) is 6.35. The molecule has 0 aliphatic rings. The minimum Gasteiger partial charge on any atom is -0.280 e. The van der Waals surface area contributed by atoms with E-state index in [0.717, 1.165) is 4.47 Å². The fourth-order valence-corrected chi connectivity index (χ4v) is 2.76. The van der Waals surface area contributed by atoms with Crippen LogP contribution in [0, 0.1) is 11.3 Å². The molecule has 0 spiro atoms. The molecule has 2 aromatic rings. The molecule has 1 N–H and O–H groups in total. The van der Waals surface area contributed by atoms with Crippen LogP contribution in [-0.2, 0) is 10.0 Å². The lowest BCUT2D eigenvalue weighted by molar-refractivity contribution is 0.601. The van der Waals surface area contributed by atoms with Crippen LogP contribution in [0.3, 0.4) is 0 Å². The molecule has 0 bridgehead atoms. The van der Waals surface area contributed by atoms with Crippen LogP contribution in [0.5, 0.6) is 0 Å². The van der Waals surface area contributed by atoms with Crippen LogP contribution in [0.1, 0.15) is 5.56 Å². The van der Waals surface area contributed by atoms with Gasteiger partial charge in [0.15, 0.2) is 0 Å². The first kappa shape index (κ1) is 13.6. The van der Waals surface area contributed by atoms with Crippen molar-refractivity contribution in [2.45, 2.75) is 4.90 Å². The van der Waals surface area contributed by atoms with E-state index in [1.165, 1.54) is 24.3 Å². The van der Waals surface area contributed by atoms with Gasteiger partial charge in [0, 0.05) is 10.2 Å². The molecular formula is C13H9BrN2O2S. The predicted molar refractivity (Wildman–Crippen MR) is 76.1 cm³/mol. The minimum absolute atomic E-state index is 0.120. The van der Waals surface area contributed by atoms with Crippen LogP contribution in [0.2, 0.25) is 0 Å². The van der Waals surface area contributed by atoms with E-state index in [0.29, 0.717) is 11.3 Å². The summed E-state index contributed by atoms with van der Waals surface area (Å²) >= 11 is 3.28. The van der Waals surface area contributed by atoms with Crippen molar-refractivity contribution in [1.82, 2.24) is 0 Å². The van der Waals surface area contributed by atoms with Crippen molar-refractivity contribution in [3.8, 4) is 6.07 Å². The molecule has 96 valence electrons. The van der Waals surface area contributed by atoms with Crippen LogP contribution < -0.4 is 4.72 Å². The van der Waals surface area contributed by atoms with Crippen molar-refractivity contribution in [1.29, 1.82) is 5.26 Å². The molecule has 2 aromatic carbocycles. The van der Waals surface area contributed by atoms with E-state index in [2.05, 4.69) is 20.7 Å². The summed E-state index contributed by atoms with van der Waals surface area (Å²) in [6.07, 6.45) is 0. The van der Waals surface area contributed by atoms with Gasteiger partial charge >= 0.3 is 0 Å². The summed E-state index contributed by atoms with van der Waals surface area (Å²) in [6.45, 7) is 0. The maximum Gasteiger partial charge on any atom is 0.261 e. The van der Waals surface area contributed by atoms with Gasteiger partial charge in [-0.1, -0.05) is 15.9 Å². The molecule has 0 aliphatic carbocycles. The van der Waals surface area contributed by atoms with Crippen molar-refractivity contribution in [3.63, 3.8) is 0 Å². The van der Waals surface area contributed by atoms with Crippen LogP contribution in [0.25, 0.3) is 0 Å². The van der Waals surface area contributed by atoms with E-state index >= 15 is 0 Å². The van der Waals surface area contributed by atoms with Crippen molar-refractivity contribution in [3.05, 3.63) is 58.6 Å². The van der Waals surface area contributed by atoms with Gasteiger partial charge in [0.1, 0.15) is 0 Å². The van der Waals surface area contributed by atoms with Gasteiger partial charge in [-0.2, -0.15) is 5.26 Å². The van der Waals surface area contributed by atoms with Crippen molar-refractivity contribution >= 4 is 31.6 Å². The van der Waals surface area contributed by atoms with Gasteiger partial charge in [0.25, 0.3) is 10.0 Å². The number of halogens is 1. The molecule has 0 unspecified atom stereocenters. The summed E-state index contributed by atoms with van der Waals surface area (Å²) in [5, 5.41) is 8.67. The molecule has 0 fully saturated rings. The number of rotatable bonds is 3. The first-order chi connectivity index (χ1) is 9.01. The highest BCUT2D eigenvalue weighted by atomic mass is 79.9. The first-order valence-corrected chi connectivity index (χ1v) is 7.57. The van der Waals surface area contributed by atoms with Gasteiger partial charge in [-0.05, 0) is 48.5 Å². The topological polar surface area (TPSA) is 70.0 Å². The third-order valence-electron chi connectivity index (χ3n) is 2.39. The van der Waals surface area contributed by atoms with Gasteiger partial charge in [-0.15, -0.1) is 0 Å². The Kier molecular flexibility index (Phi) is 3.88. The predicted octanol–water partition coefficient (Wildman–Crippen LogP) is 3.12. The monoisotopic (exact) mass is 336 g/mol. The first-order valence-electron chi connectivity index (χ1n) is 5.30. The summed E-state index contributed by atoms with van der Waals surface area (Å²) in [5.74, 6) is 0. The molecule has 2 rings (SSSR count). The van der Waals surface area contributed by atoms with E-state index in [1.807, 2.05) is 6.07 Å². The van der Waals surface area contributed by atoms with Crippen molar-refractivity contribution in [2.75, 3.05) is 4.72 Å². The average molecular weight is 337 g/mol. The molecule has 0 radical (unpaired) electrons. The van der Waals surface area contributed by atoms with Gasteiger partial charge in [-0.3, -0.25) is 4.72 Å². The third-order valence-corrected chi connectivity index (χ3v) is 4.32. The molecule has 0 saturated carbocycles. The number of benzene rings is 2. The number of nitrogens with zero attached hydrogens (tertiary/aromatic N) is 1. The van der Waals surface area contributed by atoms with Crippen molar-refractivity contribution in [2.24, 2.45) is 0 Å². The normalized spacial score (nSPS) is 10.7. The Bertz CT molecular complexity index is 717. The molecule has 0 heterocycles. The maximum atomic E-state index is 12.1. The van der Waals surface area contributed by atoms with Crippen molar-refractivity contribution < 1.29 is 8.42 Å². The SMILES string of the molecule is N#Cc1ccc(S(=O)(=O)Nc2ccc(Br)cc2)cc1. The molecule has 0 amide bonds. The van der Waals surface area contributed by atoms with E-state index < -0.39 is 10.0 Å². The Morgan fingerprint density at radius 1 is 1.00 bits per heavy atom. The highest BCUT2D eigenvalue weighted by molar-refractivity contribution is 9.10. The number of nitrogens with one attached hydrogen (secondary N) is 1. The van der Waals surface area contributed by atoms with Gasteiger partial charge in [-0.25, -0.2) is 8.42 Å². The summed E-state index contributed by atoms with van der Waals surface area (Å²) in [4.78, 5) is 0.120. The molecule has 6 heteroatoms. The number of sulfonamides is 1. The Labute approximate surface area is 119 Å². The zero-order valence-corrected chi connectivity index (χ0v) is 12.1. The van der Waals surface area contributed by atoms with Gasteiger partial charge < -0.3 is 0 Å². The number of nitriles is 1. The molecule has 0 aromatic heterocycles. The lowest BCUT2D eigenvalue weighted by Gasteiger charge is -2.08. The molecule has 4 nitrogen and oxygen atoms in total. The lowest BCUT2D eigenvalue weighted by atomic mass is 10.2. The standard InChI is InChI=1S/C13H9BrN2O2S/c14-11-3-5-12(6-4-11)16-19(17,18)13-7-1-10(9-15)2-8-13/h1-8,16H. The summed E-state index contributed by atoms with van der Waals surface area (Å²) in [7, 11) is -3.63. The highest BCUT2D eigenvalue weighted by Crippen LogP contribution is 2.18.